The van der Waals surface area contributed by atoms with Crippen LogP contribution in [-0.2, 0) is 0 Å². The van der Waals surface area contributed by atoms with Crippen LogP contribution in [-0.4, -0.2) is 23.3 Å². The minimum atomic E-state index is -0.303. The van der Waals surface area contributed by atoms with Crippen LogP contribution in [0.1, 0.15) is 66.7 Å². The third-order valence-corrected chi connectivity index (χ3v) is 3.72. The van der Waals surface area contributed by atoms with Crippen molar-refractivity contribution >= 4 is 0 Å². The molecule has 0 spiro atoms. The van der Waals surface area contributed by atoms with Crippen molar-refractivity contribution in [3.63, 3.8) is 0 Å². The zero-order chi connectivity index (χ0) is 12.6. The normalized spacial score (nSPS) is 16.1. The van der Waals surface area contributed by atoms with E-state index in [-0.39, 0.29) is 11.6 Å². The Balaban J connectivity index is 3.77. The molecular weight excluding hydrogens is 198 g/mol. The highest BCUT2D eigenvalue weighted by Crippen LogP contribution is 2.17. The first-order valence-electron chi connectivity index (χ1n) is 6.87. The van der Waals surface area contributed by atoms with Crippen molar-refractivity contribution in [2.45, 2.75) is 78.4 Å². The highest BCUT2D eigenvalue weighted by molar-refractivity contribution is 4.83. The lowest BCUT2D eigenvalue weighted by Crippen LogP contribution is -2.48. The Morgan fingerprint density at radius 3 is 2.25 bits per heavy atom. The fourth-order valence-corrected chi connectivity index (χ4v) is 1.79. The fourth-order valence-electron chi connectivity index (χ4n) is 1.79. The molecule has 2 atom stereocenters. The molecule has 0 rings (SSSR count). The van der Waals surface area contributed by atoms with E-state index in [1.807, 2.05) is 6.92 Å². The molecule has 2 N–H and O–H groups in total. The molecule has 0 aromatic rings. The van der Waals surface area contributed by atoms with E-state index in [1.54, 1.807) is 0 Å². The van der Waals surface area contributed by atoms with Crippen LogP contribution in [0.2, 0.25) is 0 Å². The first-order chi connectivity index (χ1) is 7.44. The van der Waals surface area contributed by atoms with Gasteiger partial charge in [0.25, 0.3) is 0 Å². The van der Waals surface area contributed by atoms with E-state index in [0.717, 1.165) is 12.5 Å². The van der Waals surface area contributed by atoms with Crippen molar-refractivity contribution in [3.05, 3.63) is 0 Å². The van der Waals surface area contributed by atoms with Gasteiger partial charge in [-0.2, -0.15) is 0 Å². The molecule has 0 aromatic heterocycles. The van der Waals surface area contributed by atoms with E-state index in [4.69, 9.17) is 0 Å². The van der Waals surface area contributed by atoms with Gasteiger partial charge in [0.2, 0.25) is 0 Å². The SMILES string of the molecule is CCCCC(CC)CCNC(C)(C)C(C)O. The molecular formula is C14H31NO. The average molecular weight is 229 g/mol. The second-order valence-electron chi connectivity index (χ2n) is 5.53. The van der Waals surface area contributed by atoms with Crippen LogP contribution in [0, 0.1) is 5.92 Å². The molecule has 0 aromatic carbocycles. The number of aliphatic hydroxyl groups is 1. The Bertz CT molecular complexity index is 166. The molecule has 0 saturated heterocycles. The number of nitrogens with one attached hydrogen (secondary N) is 1. The Morgan fingerprint density at radius 2 is 1.81 bits per heavy atom. The fraction of sp³-hybridized carbons (Fsp3) is 1.00. The summed E-state index contributed by atoms with van der Waals surface area (Å²) in [6, 6.07) is 0. The molecule has 0 fully saturated rings. The molecule has 2 heteroatoms. The van der Waals surface area contributed by atoms with E-state index < -0.39 is 0 Å². The minimum Gasteiger partial charge on any atom is -0.392 e. The molecule has 2 nitrogen and oxygen atoms in total. The summed E-state index contributed by atoms with van der Waals surface area (Å²) in [7, 11) is 0. The lowest BCUT2D eigenvalue weighted by molar-refractivity contribution is 0.0955. The minimum absolute atomic E-state index is 0.164. The monoisotopic (exact) mass is 229 g/mol. The van der Waals surface area contributed by atoms with Gasteiger partial charge >= 0.3 is 0 Å². The van der Waals surface area contributed by atoms with E-state index in [9.17, 15) is 5.11 Å². The van der Waals surface area contributed by atoms with Gasteiger partial charge < -0.3 is 10.4 Å². The van der Waals surface area contributed by atoms with Crippen LogP contribution in [0.3, 0.4) is 0 Å². The maximum atomic E-state index is 9.58. The molecule has 0 amide bonds. The molecule has 0 aliphatic heterocycles. The van der Waals surface area contributed by atoms with Gasteiger partial charge in [-0.25, -0.2) is 0 Å². The summed E-state index contributed by atoms with van der Waals surface area (Å²) in [6.07, 6.45) is 6.19. The van der Waals surface area contributed by atoms with Gasteiger partial charge in [-0.05, 0) is 39.7 Å². The maximum absolute atomic E-state index is 9.58. The quantitative estimate of drug-likeness (QED) is 0.635. The molecule has 0 saturated carbocycles. The zero-order valence-electron chi connectivity index (χ0n) is 11.8. The second-order valence-corrected chi connectivity index (χ2v) is 5.53. The van der Waals surface area contributed by atoms with Gasteiger partial charge in [0.05, 0.1) is 6.10 Å². The lowest BCUT2D eigenvalue weighted by atomic mass is 9.94. The first kappa shape index (κ1) is 15.9. The van der Waals surface area contributed by atoms with Gasteiger partial charge in [0.15, 0.2) is 0 Å². The van der Waals surface area contributed by atoms with Gasteiger partial charge in [0, 0.05) is 5.54 Å². The van der Waals surface area contributed by atoms with Crippen LogP contribution in [0.4, 0.5) is 0 Å². The van der Waals surface area contributed by atoms with Crippen LogP contribution in [0.15, 0.2) is 0 Å². The molecule has 0 bridgehead atoms. The highest BCUT2D eigenvalue weighted by atomic mass is 16.3. The Morgan fingerprint density at radius 1 is 1.19 bits per heavy atom. The smallest absolute Gasteiger partial charge is 0.0688 e. The third-order valence-electron chi connectivity index (χ3n) is 3.72. The lowest BCUT2D eigenvalue weighted by Gasteiger charge is -2.30. The first-order valence-corrected chi connectivity index (χ1v) is 6.87. The topological polar surface area (TPSA) is 32.3 Å². The summed E-state index contributed by atoms with van der Waals surface area (Å²) < 4.78 is 0. The van der Waals surface area contributed by atoms with Crippen molar-refractivity contribution in [3.8, 4) is 0 Å². The van der Waals surface area contributed by atoms with Gasteiger partial charge in [0.1, 0.15) is 0 Å². The Hall–Kier alpha value is -0.0800. The predicted octanol–water partition coefficient (Wildman–Crippen LogP) is 3.34. The van der Waals surface area contributed by atoms with Gasteiger partial charge in [-0.1, -0.05) is 39.5 Å². The maximum Gasteiger partial charge on any atom is 0.0688 e. The summed E-state index contributed by atoms with van der Waals surface area (Å²) in [6.45, 7) is 11.5. The van der Waals surface area contributed by atoms with Crippen molar-refractivity contribution in [2.75, 3.05) is 6.54 Å². The summed E-state index contributed by atoms with van der Waals surface area (Å²) in [5.41, 5.74) is -0.164. The van der Waals surface area contributed by atoms with Gasteiger partial charge in [-0.3, -0.25) is 0 Å². The molecule has 0 aliphatic rings. The summed E-state index contributed by atoms with van der Waals surface area (Å²) >= 11 is 0. The predicted molar refractivity (Wildman–Crippen MR) is 71.7 cm³/mol. The van der Waals surface area contributed by atoms with Crippen molar-refractivity contribution < 1.29 is 5.11 Å². The van der Waals surface area contributed by atoms with Crippen molar-refractivity contribution in [1.29, 1.82) is 0 Å². The van der Waals surface area contributed by atoms with Crippen LogP contribution >= 0.6 is 0 Å². The molecule has 98 valence electrons. The number of rotatable bonds is 9. The summed E-state index contributed by atoms with van der Waals surface area (Å²) in [5, 5.41) is 13.0. The number of unbranched alkanes of at least 4 members (excludes halogenated alkanes) is 1. The number of aliphatic hydroxyl groups excluding tert-OH is 1. The van der Waals surface area contributed by atoms with Crippen LogP contribution < -0.4 is 5.32 Å². The zero-order valence-corrected chi connectivity index (χ0v) is 11.8. The largest absolute Gasteiger partial charge is 0.392 e. The van der Waals surface area contributed by atoms with Crippen molar-refractivity contribution in [2.24, 2.45) is 5.92 Å². The van der Waals surface area contributed by atoms with Crippen LogP contribution in [0.5, 0.6) is 0 Å². The molecule has 0 radical (unpaired) electrons. The summed E-state index contributed by atoms with van der Waals surface area (Å²) in [5.74, 6) is 0.845. The third kappa shape index (κ3) is 6.49. The number of hydrogen-bond donors (Lipinski definition) is 2. The molecule has 16 heavy (non-hydrogen) atoms. The Labute approximate surface area is 102 Å². The molecule has 0 heterocycles. The van der Waals surface area contributed by atoms with Crippen molar-refractivity contribution in [1.82, 2.24) is 5.32 Å². The van der Waals surface area contributed by atoms with E-state index in [2.05, 4.69) is 33.0 Å². The standard InChI is InChI=1S/C14H31NO/c1-6-8-9-13(7-2)10-11-15-14(4,5)12(3)16/h12-13,15-16H,6-11H2,1-5H3. The highest BCUT2D eigenvalue weighted by Gasteiger charge is 2.22. The average Bonchev–Trinajstić information content (AvgIpc) is 2.22. The number of hydrogen-bond acceptors (Lipinski definition) is 2. The van der Waals surface area contributed by atoms with Gasteiger partial charge in [-0.15, -0.1) is 0 Å². The molecule has 0 aliphatic carbocycles. The van der Waals surface area contributed by atoms with Crippen LogP contribution in [0.25, 0.3) is 0 Å². The molecule has 2 unspecified atom stereocenters. The van der Waals surface area contributed by atoms with E-state index in [0.29, 0.717) is 0 Å². The Kier molecular flexibility index (Phi) is 8.04. The summed E-state index contributed by atoms with van der Waals surface area (Å²) in [4.78, 5) is 0. The van der Waals surface area contributed by atoms with E-state index >= 15 is 0 Å². The van der Waals surface area contributed by atoms with E-state index in [1.165, 1.54) is 32.1 Å². The second kappa shape index (κ2) is 8.08.